The van der Waals surface area contributed by atoms with Crippen molar-refractivity contribution in [3.8, 4) is 0 Å². The predicted octanol–water partition coefficient (Wildman–Crippen LogP) is 2.41. The van der Waals surface area contributed by atoms with Gasteiger partial charge in [-0.05, 0) is 0 Å². The molecule has 0 nitrogen and oxygen atoms in total. The Morgan fingerprint density at radius 1 is 1.83 bits per heavy atom. The molecule has 0 amide bonds. The van der Waals surface area contributed by atoms with Crippen LogP contribution >= 0.6 is 20.5 Å². The van der Waals surface area contributed by atoms with Crippen molar-refractivity contribution in [2.24, 2.45) is 0 Å². The van der Waals surface area contributed by atoms with Gasteiger partial charge in [-0.25, -0.2) is 0 Å². The van der Waals surface area contributed by atoms with Gasteiger partial charge < -0.3 is 0 Å². The van der Waals surface area contributed by atoms with Gasteiger partial charge in [-0.1, -0.05) is 0 Å². The minimum absolute atomic E-state index is 1.16. The Balaban J connectivity index is 2.66. The average Bonchev–Trinajstić information content (AvgIpc) is 1.61. The Hall–Kier alpha value is 0.964. The second-order valence-electron chi connectivity index (χ2n) is 0.783. The number of hydrogen-bond donors (Lipinski definition) is 0. The fraction of sp³-hybridized carbons (Fsp3) is 0.500. The summed E-state index contributed by atoms with van der Waals surface area (Å²) >= 11 is 3.96. The van der Waals surface area contributed by atoms with E-state index in [-0.39, 0.29) is 0 Å². The van der Waals surface area contributed by atoms with Crippen molar-refractivity contribution >= 4 is 20.5 Å². The van der Waals surface area contributed by atoms with Gasteiger partial charge in [0.05, 0.1) is 0 Å². The second-order valence-corrected chi connectivity index (χ2v) is 3.44. The van der Waals surface area contributed by atoms with Crippen LogP contribution in [0.25, 0.3) is 0 Å². The maximum atomic E-state index is 2.30. The van der Waals surface area contributed by atoms with Crippen molar-refractivity contribution < 1.29 is 11.3 Å². The standard InChI is InChI=1S/C4H7.HI.Ni/c1-3-4-2;;/h3-4H,1H2,2H3;1H;/q;;+1/p-1. The Labute approximate surface area is 56.1 Å². The molecule has 0 radical (unpaired) electrons. The van der Waals surface area contributed by atoms with Gasteiger partial charge in [-0.15, -0.1) is 0 Å². The van der Waals surface area contributed by atoms with Gasteiger partial charge in [0.1, 0.15) is 0 Å². The summed E-state index contributed by atoms with van der Waals surface area (Å²) in [5.74, 6) is 0. The SMILES string of the molecule is CC=C[CH2][Ni][I]. The molecule has 2 heteroatoms. The molecular formula is C4H7INi. The summed E-state index contributed by atoms with van der Waals surface area (Å²) < 4.78 is 0. The molecule has 0 heterocycles. The first-order chi connectivity index (χ1) is 2.91. The number of hydrogen-bond acceptors (Lipinski definition) is 0. The van der Waals surface area contributed by atoms with E-state index in [0.717, 1.165) is 5.39 Å². The van der Waals surface area contributed by atoms with Crippen molar-refractivity contribution in [2.75, 3.05) is 0 Å². The zero-order valence-corrected chi connectivity index (χ0v) is 6.70. The van der Waals surface area contributed by atoms with Crippen molar-refractivity contribution in [1.29, 1.82) is 0 Å². The molecule has 0 aliphatic rings. The van der Waals surface area contributed by atoms with Gasteiger partial charge in [0.25, 0.3) is 0 Å². The predicted molar refractivity (Wildman–Crippen MR) is 33.6 cm³/mol. The molecular weight excluding hydrogens is 234 g/mol. The van der Waals surface area contributed by atoms with Crippen molar-refractivity contribution in [1.82, 2.24) is 0 Å². The molecule has 0 aromatic carbocycles. The first-order valence-electron chi connectivity index (χ1n) is 1.66. The van der Waals surface area contributed by atoms with Crippen molar-refractivity contribution in [2.45, 2.75) is 12.3 Å². The average molecular weight is 241 g/mol. The third kappa shape index (κ3) is 4.96. The molecule has 0 saturated carbocycles. The monoisotopic (exact) mass is 240 g/mol. The first-order valence-corrected chi connectivity index (χ1v) is 5.55. The number of halogens is 1. The minimum atomic E-state index is 1.16. The molecule has 0 aromatic heterocycles. The van der Waals surface area contributed by atoms with E-state index in [0.29, 0.717) is 0 Å². The summed E-state index contributed by atoms with van der Waals surface area (Å²) in [7, 11) is 0. The number of rotatable bonds is 2. The third-order valence-corrected chi connectivity index (χ3v) is 1.89. The zero-order valence-electron chi connectivity index (χ0n) is 3.56. The van der Waals surface area contributed by atoms with Crippen LogP contribution in [-0.2, 0) is 11.3 Å². The Kier molecular flexibility index (Phi) is 6.92. The summed E-state index contributed by atoms with van der Waals surface area (Å²) in [6.45, 7) is 2.04. The van der Waals surface area contributed by atoms with Crippen LogP contribution in [0.2, 0.25) is 5.39 Å². The van der Waals surface area contributed by atoms with Crippen LogP contribution in [0.4, 0.5) is 0 Å². The molecule has 0 bridgehead atoms. The molecule has 0 saturated heterocycles. The van der Waals surface area contributed by atoms with Gasteiger partial charge >= 0.3 is 56.2 Å². The molecule has 0 N–H and O–H groups in total. The summed E-state index contributed by atoms with van der Waals surface area (Å²) in [6, 6.07) is 0. The molecule has 0 unspecified atom stereocenters. The first kappa shape index (κ1) is 6.96. The number of allylic oxidation sites excluding steroid dienone is 2. The normalized spacial score (nSPS) is 11.0. The van der Waals surface area contributed by atoms with E-state index in [1.807, 2.05) is 6.92 Å². The van der Waals surface area contributed by atoms with Crippen molar-refractivity contribution in [3.05, 3.63) is 12.2 Å². The molecule has 0 fully saturated rings. The van der Waals surface area contributed by atoms with Crippen molar-refractivity contribution in [3.63, 3.8) is 0 Å². The second kappa shape index (κ2) is 5.96. The van der Waals surface area contributed by atoms with E-state index in [1.54, 1.807) is 11.3 Å². The van der Waals surface area contributed by atoms with Crippen LogP contribution < -0.4 is 0 Å². The maximum absolute atomic E-state index is 2.30. The fourth-order valence-corrected chi connectivity index (χ4v) is 1.09. The topological polar surface area (TPSA) is 0 Å². The van der Waals surface area contributed by atoms with Crippen LogP contribution in [0.1, 0.15) is 6.92 Å². The molecule has 0 aromatic rings. The summed E-state index contributed by atoms with van der Waals surface area (Å²) in [6.07, 6.45) is 4.21. The van der Waals surface area contributed by atoms with Gasteiger partial charge in [0.15, 0.2) is 0 Å². The van der Waals surface area contributed by atoms with E-state index < -0.39 is 0 Å². The molecule has 0 atom stereocenters. The van der Waals surface area contributed by atoms with E-state index in [9.17, 15) is 0 Å². The van der Waals surface area contributed by atoms with Gasteiger partial charge in [0.2, 0.25) is 0 Å². The molecule has 0 spiro atoms. The van der Waals surface area contributed by atoms with Gasteiger partial charge in [-0.3, -0.25) is 0 Å². The van der Waals surface area contributed by atoms with Gasteiger partial charge in [-0.2, -0.15) is 0 Å². The summed E-state index contributed by atoms with van der Waals surface area (Å²) in [5.41, 5.74) is 0. The molecule has 0 aliphatic carbocycles. The van der Waals surface area contributed by atoms with E-state index in [1.165, 1.54) is 0 Å². The van der Waals surface area contributed by atoms with E-state index in [4.69, 9.17) is 0 Å². The fourth-order valence-electron chi connectivity index (χ4n) is 0.103. The van der Waals surface area contributed by atoms with Crippen LogP contribution in [-0.4, -0.2) is 0 Å². The summed E-state index contributed by atoms with van der Waals surface area (Å²) in [5, 5.41) is 1.16. The molecule has 40 valence electrons. The van der Waals surface area contributed by atoms with Crippen LogP contribution in [0.3, 0.4) is 0 Å². The molecule has 6 heavy (non-hydrogen) atoms. The Bertz CT molecular complexity index is 42.8. The zero-order chi connectivity index (χ0) is 4.83. The third-order valence-electron chi connectivity index (χ3n) is 0.359. The van der Waals surface area contributed by atoms with Crippen LogP contribution in [0.15, 0.2) is 12.2 Å². The molecule has 0 aliphatic heterocycles. The van der Waals surface area contributed by atoms with E-state index >= 15 is 0 Å². The van der Waals surface area contributed by atoms with Crippen LogP contribution in [0.5, 0.6) is 0 Å². The van der Waals surface area contributed by atoms with E-state index in [2.05, 4.69) is 32.6 Å². The van der Waals surface area contributed by atoms with Crippen LogP contribution in [0, 0.1) is 0 Å². The van der Waals surface area contributed by atoms with Gasteiger partial charge in [0, 0.05) is 0 Å². The summed E-state index contributed by atoms with van der Waals surface area (Å²) in [4.78, 5) is 0. The Morgan fingerprint density at radius 3 is 2.67 bits per heavy atom. The quantitative estimate of drug-likeness (QED) is 0.395. The molecule has 0 rings (SSSR count). The Morgan fingerprint density at radius 2 is 2.50 bits per heavy atom.